The highest BCUT2D eigenvalue weighted by atomic mass is 32.2. The zero-order chi connectivity index (χ0) is 37.6. The van der Waals surface area contributed by atoms with Crippen molar-refractivity contribution in [3.63, 3.8) is 0 Å². The zero-order valence-corrected chi connectivity index (χ0v) is 31.1. The van der Waals surface area contributed by atoms with Crippen molar-refractivity contribution in [3.05, 3.63) is 212 Å². The minimum atomic E-state index is -4.06. The quantitative estimate of drug-likeness (QED) is 0.163. The third kappa shape index (κ3) is 5.58. The Balaban J connectivity index is 1.20. The molecule has 0 saturated carbocycles. The molecule has 10 rings (SSSR count). The van der Waals surface area contributed by atoms with Crippen LogP contribution in [0.2, 0.25) is 0 Å². The molecule has 5 nitrogen and oxygen atoms in total. The molecular weight excluding hydrogens is 707 g/mol. The van der Waals surface area contributed by atoms with Crippen LogP contribution in [0.3, 0.4) is 0 Å². The Morgan fingerprint density at radius 2 is 0.750 bits per heavy atom. The number of rotatable bonds is 7. The Morgan fingerprint density at radius 1 is 0.357 bits per heavy atom. The van der Waals surface area contributed by atoms with Crippen LogP contribution in [0.25, 0.3) is 21.5 Å². The fourth-order valence-electron chi connectivity index (χ4n) is 8.00. The molecule has 9 aromatic carbocycles. The van der Waals surface area contributed by atoms with E-state index >= 15 is 8.42 Å². The van der Waals surface area contributed by atoms with Gasteiger partial charge in [-0.25, -0.2) is 8.42 Å². The molecule has 0 atom stereocenters. The molecule has 0 bridgehead atoms. The fraction of sp³-hybridized carbons (Fsp3) is 0. The predicted octanol–water partition coefficient (Wildman–Crippen LogP) is 13.5. The monoisotopic (exact) mass is 741 g/mol. The van der Waals surface area contributed by atoms with E-state index in [9.17, 15) is 0 Å². The summed E-state index contributed by atoms with van der Waals surface area (Å²) in [4.78, 5) is 6.83. The lowest BCUT2D eigenvalue weighted by Crippen LogP contribution is -2.23. The summed E-state index contributed by atoms with van der Waals surface area (Å²) in [5, 5.41) is 4.33. The summed E-state index contributed by atoms with van der Waals surface area (Å²) in [5.74, 6) is 0. The summed E-state index contributed by atoms with van der Waals surface area (Å²) >= 11 is 0. The average Bonchev–Trinajstić information content (AvgIpc) is 3.26. The molecule has 9 aromatic rings. The highest BCUT2D eigenvalue weighted by Crippen LogP contribution is 2.52. The Hall–Kier alpha value is -7.15. The van der Waals surface area contributed by atoms with Crippen molar-refractivity contribution in [2.45, 2.75) is 9.79 Å². The molecule has 0 saturated heterocycles. The summed E-state index contributed by atoms with van der Waals surface area (Å²) in [6, 6.07) is 70.9. The smallest absolute Gasteiger partial charge is 0.210 e. The van der Waals surface area contributed by atoms with Gasteiger partial charge in [0.1, 0.15) is 0 Å². The molecule has 0 spiro atoms. The molecule has 0 radical (unpaired) electrons. The number of anilines is 9. The van der Waals surface area contributed by atoms with Gasteiger partial charge in [-0.15, -0.1) is 0 Å². The first-order valence-electron chi connectivity index (χ1n) is 18.6. The third-order valence-corrected chi connectivity index (χ3v) is 12.3. The van der Waals surface area contributed by atoms with E-state index in [2.05, 4.69) is 87.5 Å². The molecular formula is C50H35N3O2S. The Morgan fingerprint density at radius 3 is 1.21 bits per heavy atom. The van der Waals surface area contributed by atoms with Crippen molar-refractivity contribution in [2.24, 2.45) is 0 Å². The van der Waals surface area contributed by atoms with Crippen LogP contribution in [0, 0.1) is 0 Å². The van der Waals surface area contributed by atoms with Gasteiger partial charge in [0.25, 0.3) is 0 Å². The summed E-state index contributed by atoms with van der Waals surface area (Å²) in [6.07, 6.45) is 0. The van der Waals surface area contributed by atoms with Gasteiger partial charge in [-0.05, 0) is 95.7 Å². The molecule has 0 aliphatic carbocycles. The molecule has 0 aromatic heterocycles. The lowest BCUT2D eigenvalue weighted by Gasteiger charge is -2.35. The SMILES string of the molecule is O=S1(=O)c2cc(N(c3ccccc3)c3cccc4ccccc34)ccc2N(c2ccccc2)c2ccc(N(c3ccccc3)c3cccc4ccccc34)cc21. The molecule has 1 heterocycles. The predicted molar refractivity (Wildman–Crippen MR) is 231 cm³/mol. The fourth-order valence-corrected chi connectivity index (χ4v) is 9.66. The van der Waals surface area contributed by atoms with E-state index in [0.717, 1.165) is 61.4 Å². The van der Waals surface area contributed by atoms with Gasteiger partial charge in [0, 0.05) is 39.2 Å². The molecule has 0 N–H and O–H groups in total. The zero-order valence-electron chi connectivity index (χ0n) is 30.3. The standard InChI is InChI=1S/C50H35N3O2S/c54-56(55)49-34-41(51(38-20-4-1-5-21-38)45-28-14-18-36-16-10-12-26-43(36)45)30-32-47(49)53(40-24-8-3-9-25-40)48-33-31-42(35-50(48)56)52(39-22-6-2-7-23-39)46-29-15-19-37-17-11-13-27-44(37)46/h1-35H. The van der Waals surface area contributed by atoms with Gasteiger partial charge in [0.15, 0.2) is 0 Å². The van der Waals surface area contributed by atoms with Crippen molar-refractivity contribution in [2.75, 3.05) is 14.7 Å². The number of fused-ring (bicyclic) bond motifs is 4. The molecule has 1 aliphatic heterocycles. The maximum Gasteiger partial charge on any atom is 0.210 e. The number of para-hydroxylation sites is 3. The number of hydrogen-bond acceptors (Lipinski definition) is 5. The van der Waals surface area contributed by atoms with Gasteiger partial charge < -0.3 is 14.7 Å². The van der Waals surface area contributed by atoms with Crippen LogP contribution >= 0.6 is 0 Å². The van der Waals surface area contributed by atoms with Crippen LogP contribution in [-0.4, -0.2) is 8.42 Å². The number of sulfone groups is 1. The van der Waals surface area contributed by atoms with Gasteiger partial charge in [0.05, 0.1) is 32.5 Å². The molecule has 1 aliphatic rings. The Kier molecular flexibility index (Phi) is 8.12. The largest absolute Gasteiger partial charge is 0.310 e. The highest BCUT2D eigenvalue weighted by Gasteiger charge is 2.37. The molecule has 0 fully saturated rings. The first kappa shape index (κ1) is 33.4. The van der Waals surface area contributed by atoms with E-state index in [0.29, 0.717) is 11.4 Å². The van der Waals surface area contributed by atoms with Crippen molar-refractivity contribution in [1.29, 1.82) is 0 Å². The number of nitrogens with zero attached hydrogens (tertiary/aromatic N) is 3. The minimum Gasteiger partial charge on any atom is -0.310 e. The lowest BCUT2D eigenvalue weighted by molar-refractivity contribution is 0.595. The summed E-state index contributed by atoms with van der Waals surface area (Å²) in [7, 11) is -4.06. The van der Waals surface area contributed by atoms with Gasteiger partial charge in [-0.1, -0.05) is 127 Å². The van der Waals surface area contributed by atoms with Crippen LogP contribution in [0.1, 0.15) is 0 Å². The van der Waals surface area contributed by atoms with E-state index in [1.807, 2.05) is 140 Å². The molecule has 6 heteroatoms. The van der Waals surface area contributed by atoms with Crippen LogP contribution in [0.5, 0.6) is 0 Å². The summed E-state index contributed by atoms with van der Waals surface area (Å²) in [5.41, 5.74) is 7.31. The van der Waals surface area contributed by atoms with Gasteiger partial charge >= 0.3 is 0 Å². The molecule has 0 amide bonds. The normalized spacial score (nSPS) is 12.9. The number of hydrogen-bond donors (Lipinski definition) is 0. The Bertz CT molecular complexity index is 2820. The minimum absolute atomic E-state index is 0.237. The molecule has 268 valence electrons. The van der Waals surface area contributed by atoms with Crippen molar-refractivity contribution >= 4 is 82.6 Å². The second-order valence-electron chi connectivity index (χ2n) is 13.8. The van der Waals surface area contributed by atoms with Crippen LogP contribution in [0.4, 0.5) is 51.2 Å². The molecule has 56 heavy (non-hydrogen) atoms. The second kappa shape index (κ2) is 13.6. The van der Waals surface area contributed by atoms with Crippen LogP contribution in [0.15, 0.2) is 222 Å². The van der Waals surface area contributed by atoms with Crippen LogP contribution in [-0.2, 0) is 9.84 Å². The highest BCUT2D eigenvalue weighted by molar-refractivity contribution is 7.92. The maximum absolute atomic E-state index is 15.3. The van der Waals surface area contributed by atoms with Gasteiger partial charge in [-0.3, -0.25) is 0 Å². The van der Waals surface area contributed by atoms with Crippen molar-refractivity contribution < 1.29 is 8.42 Å². The van der Waals surface area contributed by atoms with E-state index in [1.54, 1.807) is 0 Å². The van der Waals surface area contributed by atoms with E-state index < -0.39 is 9.84 Å². The first-order chi connectivity index (χ1) is 27.6. The van der Waals surface area contributed by atoms with Crippen LogP contribution < -0.4 is 14.7 Å². The van der Waals surface area contributed by atoms with E-state index in [4.69, 9.17) is 0 Å². The van der Waals surface area contributed by atoms with Crippen molar-refractivity contribution in [3.8, 4) is 0 Å². The average molecular weight is 742 g/mol. The summed E-state index contributed by atoms with van der Waals surface area (Å²) in [6.45, 7) is 0. The number of benzene rings is 9. The van der Waals surface area contributed by atoms with E-state index in [1.165, 1.54) is 0 Å². The third-order valence-electron chi connectivity index (χ3n) is 10.5. The topological polar surface area (TPSA) is 43.9 Å². The lowest BCUT2D eigenvalue weighted by atomic mass is 10.1. The maximum atomic E-state index is 15.3. The Labute approximate surface area is 326 Å². The summed E-state index contributed by atoms with van der Waals surface area (Å²) < 4.78 is 30.7. The van der Waals surface area contributed by atoms with E-state index in [-0.39, 0.29) is 9.79 Å². The molecule has 0 unspecified atom stereocenters. The van der Waals surface area contributed by atoms with Crippen molar-refractivity contribution in [1.82, 2.24) is 0 Å². The second-order valence-corrected chi connectivity index (χ2v) is 15.7. The van der Waals surface area contributed by atoms with Gasteiger partial charge in [0.2, 0.25) is 9.84 Å². The first-order valence-corrected chi connectivity index (χ1v) is 20.1. The van der Waals surface area contributed by atoms with Gasteiger partial charge in [-0.2, -0.15) is 0 Å².